The number of hydrogen-bond donors (Lipinski definition) is 0. The third-order valence-corrected chi connectivity index (χ3v) is 7.82. The van der Waals surface area contributed by atoms with E-state index in [1.54, 1.807) is 0 Å². The third-order valence-electron chi connectivity index (χ3n) is 5.90. The molecule has 2 amide bonds. The van der Waals surface area contributed by atoms with Gasteiger partial charge < -0.3 is 4.74 Å². The predicted molar refractivity (Wildman–Crippen MR) is 129 cm³/mol. The highest BCUT2D eigenvalue weighted by molar-refractivity contribution is 7.89. The van der Waals surface area contributed by atoms with E-state index in [0.29, 0.717) is 6.42 Å². The Morgan fingerprint density at radius 1 is 1.00 bits per heavy atom. The number of rotatable bonds is 8. The number of nitrogens with zero attached hydrogens (tertiary/aromatic N) is 2. The molecule has 0 aliphatic carbocycles. The number of benzene rings is 3. The summed E-state index contributed by atoms with van der Waals surface area (Å²) in [6.45, 7) is -0.0669. The van der Waals surface area contributed by atoms with Gasteiger partial charge in [0.2, 0.25) is 15.9 Å². The first-order valence-corrected chi connectivity index (χ1v) is 12.5. The molecule has 1 fully saturated rings. The van der Waals surface area contributed by atoms with Crippen LogP contribution in [0.3, 0.4) is 0 Å². The molecule has 8 nitrogen and oxygen atoms in total. The molecule has 0 aromatic heterocycles. The van der Waals surface area contributed by atoms with Gasteiger partial charge in [0.05, 0.1) is 29.7 Å². The minimum absolute atomic E-state index is 0.0669. The monoisotopic (exact) mass is 510 g/mol. The molecule has 186 valence electrons. The standard InChI is InChI=1S/C26H23FN2O6S/c1-35-26(32)19-7-11-21(12-8-19)29-24(30)17-23(25(29)31)28(16-15-18-5-3-2-4-6-18)36(33,34)22-13-9-20(27)10-14-22/h2-14,23H,15-17H2,1H3. The van der Waals surface area contributed by atoms with Crippen LogP contribution in [0.1, 0.15) is 22.3 Å². The maximum Gasteiger partial charge on any atom is 0.337 e. The number of methoxy groups -OCH3 is 1. The Morgan fingerprint density at radius 2 is 1.64 bits per heavy atom. The van der Waals surface area contributed by atoms with E-state index in [1.807, 2.05) is 30.3 Å². The summed E-state index contributed by atoms with van der Waals surface area (Å²) in [4.78, 5) is 38.8. The predicted octanol–water partition coefficient (Wildman–Crippen LogP) is 3.18. The summed E-state index contributed by atoms with van der Waals surface area (Å²) in [5, 5.41) is 0. The molecule has 1 atom stereocenters. The lowest BCUT2D eigenvalue weighted by Crippen LogP contribution is -2.46. The van der Waals surface area contributed by atoms with Gasteiger partial charge in [-0.05, 0) is 60.5 Å². The van der Waals surface area contributed by atoms with Gasteiger partial charge in [-0.15, -0.1) is 0 Å². The van der Waals surface area contributed by atoms with Crippen LogP contribution in [0, 0.1) is 5.82 Å². The van der Waals surface area contributed by atoms with Crippen LogP contribution in [0.5, 0.6) is 0 Å². The maximum atomic E-state index is 13.6. The molecule has 10 heteroatoms. The van der Waals surface area contributed by atoms with Crippen LogP contribution in [0.25, 0.3) is 0 Å². The zero-order chi connectivity index (χ0) is 25.9. The summed E-state index contributed by atoms with van der Waals surface area (Å²) in [5.41, 5.74) is 1.30. The number of carbonyl (C=O) groups excluding carboxylic acids is 3. The van der Waals surface area contributed by atoms with Crippen LogP contribution in [-0.2, 0) is 30.8 Å². The first kappa shape index (κ1) is 25.2. The van der Waals surface area contributed by atoms with Crippen LogP contribution in [0.15, 0.2) is 83.8 Å². The van der Waals surface area contributed by atoms with Gasteiger partial charge in [-0.25, -0.2) is 22.5 Å². The van der Waals surface area contributed by atoms with Crippen molar-refractivity contribution in [1.29, 1.82) is 0 Å². The van der Waals surface area contributed by atoms with Crippen LogP contribution < -0.4 is 4.90 Å². The summed E-state index contributed by atoms with van der Waals surface area (Å²) in [6, 6.07) is 17.8. The van der Waals surface area contributed by atoms with E-state index < -0.39 is 39.7 Å². The van der Waals surface area contributed by atoms with Gasteiger partial charge in [0.25, 0.3) is 5.91 Å². The van der Waals surface area contributed by atoms with Crippen molar-refractivity contribution in [3.05, 3.63) is 95.8 Å². The fourth-order valence-electron chi connectivity index (χ4n) is 4.05. The van der Waals surface area contributed by atoms with Gasteiger partial charge in [0.15, 0.2) is 0 Å². The SMILES string of the molecule is COC(=O)c1ccc(N2C(=O)CC(N(CCc3ccccc3)S(=O)(=O)c3ccc(F)cc3)C2=O)cc1. The van der Waals surface area contributed by atoms with Crippen LogP contribution >= 0.6 is 0 Å². The quantitative estimate of drug-likeness (QED) is 0.341. The largest absolute Gasteiger partial charge is 0.465 e. The van der Waals surface area contributed by atoms with Gasteiger partial charge in [-0.3, -0.25) is 9.59 Å². The first-order chi connectivity index (χ1) is 17.2. The van der Waals surface area contributed by atoms with Gasteiger partial charge in [-0.2, -0.15) is 4.31 Å². The van der Waals surface area contributed by atoms with Crippen molar-refractivity contribution in [3.63, 3.8) is 0 Å². The number of imide groups is 1. The van der Waals surface area contributed by atoms with E-state index in [2.05, 4.69) is 4.74 Å². The summed E-state index contributed by atoms with van der Waals surface area (Å²) in [7, 11) is -3.01. The normalized spacial score (nSPS) is 16.0. The molecular formula is C26H23FN2O6S. The maximum absolute atomic E-state index is 13.6. The Bertz CT molecular complexity index is 1380. The zero-order valence-electron chi connectivity index (χ0n) is 19.3. The molecule has 1 heterocycles. The highest BCUT2D eigenvalue weighted by atomic mass is 32.2. The first-order valence-electron chi connectivity index (χ1n) is 11.1. The van der Waals surface area contributed by atoms with E-state index >= 15 is 0 Å². The van der Waals surface area contributed by atoms with Crippen molar-refractivity contribution >= 4 is 33.5 Å². The molecule has 4 rings (SSSR count). The second kappa shape index (κ2) is 10.4. The van der Waals surface area contributed by atoms with E-state index in [4.69, 9.17) is 0 Å². The third kappa shape index (κ3) is 5.05. The number of carbonyl (C=O) groups is 3. The summed E-state index contributed by atoms with van der Waals surface area (Å²) in [5.74, 6) is -2.45. The zero-order valence-corrected chi connectivity index (χ0v) is 20.2. The fraction of sp³-hybridized carbons (Fsp3) is 0.192. The van der Waals surface area contributed by atoms with Crippen molar-refractivity contribution in [1.82, 2.24) is 4.31 Å². The summed E-state index contributed by atoms with van der Waals surface area (Å²) >= 11 is 0. The van der Waals surface area contributed by atoms with Crippen molar-refractivity contribution in [2.45, 2.75) is 23.8 Å². The Kier molecular flexibility index (Phi) is 7.27. The summed E-state index contributed by atoms with van der Waals surface area (Å²) in [6.07, 6.45) is -0.0557. The van der Waals surface area contributed by atoms with Crippen LogP contribution in [0.4, 0.5) is 10.1 Å². The van der Waals surface area contributed by atoms with Crippen molar-refractivity contribution < 1.29 is 31.9 Å². The second-order valence-corrected chi connectivity index (χ2v) is 10.0. The minimum Gasteiger partial charge on any atom is -0.465 e. The molecule has 0 N–H and O–H groups in total. The molecule has 1 aliphatic heterocycles. The molecule has 0 spiro atoms. The van der Waals surface area contributed by atoms with Crippen molar-refractivity contribution in [2.75, 3.05) is 18.6 Å². The van der Waals surface area contributed by atoms with Crippen molar-refractivity contribution in [2.24, 2.45) is 0 Å². The van der Waals surface area contributed by atoms with Crippen LogP contribution in [-0.4, -0.2) is 50.2 Å². The Hall–Kier alpha value is -3.89. The Balaban J connectivity index is 1.66. The van der Waals surface area contributed by atoms with Crippen LogP contribution in [0.2, 0.25) is 0 Å². The molecule has 3 aromatic rings. The molecule has 0 radical (unpaired) electrons. The topological polar surface area (TPSA) is 101 Å². The average Bonchev–Trinajstić information content (AvgIpc) is 3.17. The number of hydrogen-bond acceptors (Lipinski definition) is 6. The van der Waals surface area contributed by atoms with Gasteiger partial charge >= 0.3 is 5.97 Å². The smallest absolute Gasteiger partial charge is 0.337 e. The molecular weight excluding hydrogens is 487 g/mol. The molecule has 3 aromatic carbocycles. The van der Waals surface area contributed by atoms with Gasteiger partial charge in [0, 0.05) is 6.54 Å². The number of ether oxygens (including phenoxy) is 1. The molecule has 0 saturated carbocycles. The summed E-state index contributed by atoms with van der Waals surface area (Å²) < 4.78 is 46.3. The van der Waals surface area contributed by atoms with E-state index in [9.17, 15) is 27.2 Å². The molecule has 1 unspecified atom stereocenters. The Morgan fingerprint density at radius 3 is 2.25 bits per heavy atom. The minimum atomic E-state index is -4.25. The number of esters is 1. The van der Waals surface area contributed by atoms with E-state index in [-0.39, 0.29) is 29.1 Å². The molecule has 1 saturated heterocycles. The highest BCUT2D eigenvalue weighted by Crippen LogP contribution is 2.30. The lowest BCUT2D eigenvalue weighted by molar-refractivity contribution is -0.122. The van der Waals surface area contributed by atoms with E-state index in [1.165, 1.54) is 31.4 Å². The van der Waals surface area contributed by atoms with E-state index in [0.717, 1.165) is 39.0 Å². The highest BCUT2D eigenvalue weighted by Gasteiger charge is 2.46. The number of amides is 2. The number of anilines is 1. The van der Waals surface area contributed by atoms with Gasteiger partial charge in [-0.1, -0.05) is 30.3 Å². The fourth-order valence-corrected chi connectivity index (χ4v) is 5.63. The Labute approximate surface area is 208 Å². The molecule has 36 heavy (non-hydrogen) atoms. The number of halogens is 1. The lowest BCUT2D eigenvalue weighted by atomic mass is 10.1. The van der Waals surface area contributed by atoms with Gasteiger partial charge in [0.1, 0.15) is 11.9 Å². The average molecular weight is 511 g/mol. The number of sulfonamides is 1. The van der Waals surface area contributed by atoms with Crippen molar-refractivity contribution in [3.8, 4) is 0 Å². The second-order valence-electron chi connectivity index (χ2n) is 8.13. The molecule has 1 aliphatic rings. The lowest BCUT2D eigenvalue weighted by Gasteiger charge is -2.27. The molecule has 0 bridgehead atoms.